The molecule has 1 unspecified atom stereocenters. The van der Waals surface area contributed by atoms with Crippen molar-refractivity contribution in [3.05, 3.63) is 29.8 Å². The van der Waals surface area contributed by atoms with E-state index in [2.05, 4.69) is 17.5 Å². The maximum atomic E-state index is 11.7. The summed E-state index contributed by atoms with van der Waals surface area (Å²) in [5.41, 5.74) is 4.78. The minimum Gasteiger partial charge on any atom is -0.484 e. The van der Waals surface area contributed by atoms with Crippen molar-refractivity contribution < 1.29 is 9.53 Å². The van der Waals surface area contributed by atoms with Crippen LogP contribution in [0, 0.1) is 12.8 Å². The summed E-state index contributed by atoms with van der Waals surface area (Å²) in [5, 5.41) is 4.20. The molecule has 1 N–H and O–H groups in total. The van der Waals surface area contributed by atoms with Crippen LogP contribution in [0.1, 0.15) is 38.2 Å². The predicted molar refractivity (Wildman–Crippen MR) is 79.9 cm³/mol. The van der Waals surface area contributed by atoms with Gasteiger partial charge in [-0.25, -0.2) is 5.43 Å². The zero-order chi connectivity index (χ0) is 14.4. The summed E-state index contributed by atoms with van der Waals surface area (Å²) in [7, 11) is 0. The molecule has 4 nitrogen and oxygen atoms in total. The molecule has 1 aliphatic rings. The zero-order valence-corrected chi connectivity index (χ0v) is 12.2. The third-order valence-corrected chi connectivity index (χ3v) is 3.44. The third kappa shape index (κ3) is 4.68. The standard InChI is InChI=1S/C16H22N2O2/c1-12-5-3-7-14(9-12)17-18-16(19)11-20-15-8-4-6-13(2)10-15/h4,6,8,10,12H,3,5,7,9,11H2,1-2H3,(H,18,19). The number of amides is 1. The molecular formula is C16H22N2O2. The Balaban J connectivity index is 1.76. The van der Waals surface area contributed by atoms with E-state index in [1.54, 1.807) is 0 Å². The van der Waals surface area contributed by atoms with Gasteiger partial charge >= 0.3 is 0 Å². The van der Waals surface area contributed by atoms with E-state index in [0.29, 0.717) is 11.7 Å². The van der Waals surface area contributed by atoms with Gasteiger partial charge in [-0.2, -0.15) is 5.10 Å². The SMILES string of the molecule is Cc1cccc(OCC(=O)NN=C2CCCC(C)C2)c1. The van der Waals surface area contributed by atoms with E-state index in [0.717, 1.165) is 30.5 Å². The number of hydrazone groups is 1. The van der Waals surface area contributed by atoms with Gasteiger partial charge in [0.15, 0.2) is 6.61 Å². The van der Waals surface area contributed by atoms with Crippen molar-refractivity contribution in [1.82, 2.24) is 5.43 Å². The molecular weight excluding hydrogens is 252 g/mol. The van der Waals surface area contributed by atoms with Gasteiger partial charge in [0.05, 0.1) is 0 Å². The number of nitrogens with one attached hydrogen (secondary N) is 1. The van der Waals surface area contributed by atoms with Crippen molar-refractivity contribution in [2.24, 2.45) is 11.0 Å². The average Bonchev–Trinajstić information content (AvgIpc) is 2.43. The third-order valence-electron chi connectivity index (χ3n) is 3.44. The molecule has 20 heavy (non-hydrogen) atoms. The second-order valence-corrected chi connectivity index (χ2v) is 5.52. The number of ether oxygens (including phenoxy) is 1. The molecule has 1 aromatic rings. The lowest BCUT2D eigenvalue weighted by molar-refractivity contribution is -0.123. The van der Waals surface area contributed by atoms with Crippen LogP contribution in [0.25, 0.3) is 0 Å². The number of aryl methyl sites for hydroxylation is 1. The minimum atomic E-state index is -0.211. The number of hydrogen-bond donors (Lipinski definition) is 1. The van der Waals surface area contributed by atoms with Crippen LogP contribution in [0.15, 0.2) is 29.4 Å². The molecule has 0 radical (unpaired) electrons. The monoisotopic (exact) mass is 274 g/mol. The van der Waals surface area contributed by atoms with E-state index in [1.165, 1.54) is 6.42 Å². The molecule has 0 aliphatic heterocycles. The summed E-state index contributed by atoms with van der Waals surface area (Å²) in [6.45, 7) is 4.20. The van der Waals surface area contributed by atoms with Gasteiger partial charge in [-0.1, -0.05) is 19.1 Å². The fourth-order valence-electron chi connectivity index (χ4n) is 2.39. The second kappa shape index (κ2) is 7.08. The Hall–Kier alpha value is -1.84. The highest BCUT2D eigenvalue weighted by Crippen LogP contribution is 2.20. The Morgan fingerprint density at radius 3 is 3.10 bits per heavy atom. The largest absolute Gasteiger partial charge is 0.484 e. The molecule has 4 heteroatoms. The quantitative estimate of drug-likeness (QED) is 0.858. The maximum absolute atomic E-state index is 11.7. The molecule has 1 atom stereocenters. The lowest BCUT2D eigenvalue weighted by atomic mass is 9.89. The van der Waals surface area contributed by atoms with Crippen LogP contribution in [0.5, 0.6) is 5.75 Å². The highest BCUT2D eigenvalue weighted by atomic mass is 16.5. The fraction of sp³-hybridized carbons (Fsp3) is 0.500. The molecule has 0 bridgehead atoms. The van der Waals surface area contributed by atoms with Crippen molar-refractivity contribution in [3.63, 3.8) is 0 Å². The average molecular weight is 274 g/mol. The normalized spacial score (nSPS) is 20.7. The first kappa shape index (κ1) is 14.6. The van der Waals surface area contributed by atoms with E-state index in [4.69, 9.17) is 4.74 Å². The van der Waals surface area contributed by atoms with Gasteiger partial charge in [0.1, 0.15) is 5.75 Å². The summed E-state index contributed by atoms with van der Waals surface area (Å²) < 4.78 is 5.43. The van der Waals surface area contributed by atoms with Gasteiger partial charge in [0, 0.05) is 5.71 Å². The second-order valence-electron chi connectivity index (χ2n) is 5.52. The van der Waals surface area contributed by atoms with E-state index in [-0.39, 0.29) is 12.5 Å². The van der Waals surface area contributed by atoms with Crippen LogP contribution in [-0.4, -0.2) is 18.2 Å². The first-order valence-corrected chi connectivity index (χ1v) is 7.17. The van der Waals surface area contributed by atoms with Gasteiger partial charge in [0.25, 0.3) is 5.91 Å². The Kier molecular flexibility index (Phi) is 5.16. The lowest BCUT2D eigenvalue weighted by Gasteiger charge is -2.18. The Labute approximate surface area is 120 Å². The minimum absolute atomic E-state index is 0.00418. The van der Waals surface area contributed by atoms with Crippen molar-refractivity contribution >= 4 is 11.6 Å². The van der Waals surface area contributed by atoms with Crippen molar-refractivity contribution in [2.45, 2.75) is 39.5 Å². The molecule has 0 heterocycles. The molecule has 1 aromatic carbocycles. The molecule has 1 saturated carbocycles. The number of rotatable bonds is 4. The van der Waals surface area contributed by atoms with Crippen LogP contribution >= 0.6 is 0 Å². The van der Waals surface area contributed by atoms with Crippen LogP contribution in [0.3, 0.4) is 0 Å². The summed E-state index contributed by atoms with van der Waals surface area (Å²) in [6, 6.07) is 7.65. The van der Waals surface area contributed by atoms with Gasteiger partial charge in [-0.05, 0) is 56.2 Å². The van der Waals surface area contributed by atoms with E-state index in [1.807, 2.05) is 31.2 Å². The maximum Gasteiger partial charge on any atom is 0.277 e. The molecule has 0 aromatic heterocycles. The molecule has 108 valence electrons. The molecule has 1 fully saturated rings. The van der Waals surface area contributed by atoms with Crippen LogP contribution in [0.2, 0.25) is 0 Å². The number of nitrogens with zero attached hydrogens (tertiary/aromatic N) is 1. The van der Waals surface area contributed by atoms with Crippen LogP contribution < -0.4 is 10.2 Å². The van der Waals surface area contributed by atoms with Gasteiger partial charge < -0.3 is 4.74 Å². The van der Waals surface area contributed by atoms with Gasteiger partial charge in [-0.3, -0.25) is 4.79 Å². The summed E-state index contributed by atoms with van der Waals surface area (Å²) in [6.07, 6.45) is 4.39. The van der Waals surface area contributed by atoms with Crippen LogP contribution in [0.4, 0.5) is 0 Å². The number of carbonyl (C=O) groups is 1. The van der Waals surface area contributed by atoms with Crippen molar-refractivity contribution in [3.8, 4) is 5.75 Å². The number of benzene rings is 1. The Morgan fingerprint density at radius 2 is 2.35 bits per heavy atom. The lowest BCUT2D eigenvalue weighted by Crippen LogP contribution is -2.27. The highest BCUT2D eigenvalue weighted by molar-refractivity contribution is 5.87. The predicted octanol–water partition coefficient (Wildman–Crippen LogP) is 3.06. The van der Waals surface area contributed by atoms with Crippen LogP contribution in [-0.2, 0) is 4.79 Å². The highest BCUT2D eigenvalue weighted by Gasteiger charge is 2.14. The first-order chi connectivity index (χ1) is 9.63. The number of hydrogen-bond acceptors (Lipinski definition) is 3. The molecule has 1 amide bonds. The van der Waals surface area contributed by atoms with Crippen molar-refractivity contribution in [1.29, 1.82) is 0 Å². The van der Waals surface area contributed by atoms with Gasteiger partial charge in [-0.15, -0.1) is 0 Å². The number of carbonyl (C=O) groups excluding carboxylic acids is 1. The van der Waals surface area contributed by atoms with E-state index in [9.17, 15) is 4.79 Å². The molecule has 2 rings (SSSR count). The van der Waals surface area contributed by atoms with Gasteiger partial charge in [0.2, 0.25) is 0 Å². The van der Waals surface area contributed by atoms with Crippen molar-refractivity contribution in [2.75, 3.05) is 6.61 Å². The topological polar surface area (TPSA) is 50.7 Å². The summed E-state index contributed by atoms with van der Waals surface area (Å²) >= 11 is 0. The zero-order valence-electron chi connectivity index (χ0n) is 12.2. The Morgan fingerprint density at radius 1 is 1.50 bits per heavy atom. The first-order valence-electron chi connectivity index (χ1n) is 7.17. The summed E-state index contributed by atoms with van der Waals surface area (Å²) in [4.78, 5) is 11.7. The fourth-order valence-corrected chi connectivity index (χ4v) is 2.39. The summed E-state index contributed by atoms with van der Waals surface area (Å²) in [5.74, 6) is 1.17. The molecule has 0 saturated heterocycles. The molecule has 1 aliphatic carbocycles. The molecule has 0 spiro atoms. The Bertz CT molecular complexity index is 497. The smallest absolute Gasteiger partial charge is 0.277 e. The van der Waals surface area contributed by atoms with E-state index < -0.39 is 0 Å². The van der Waals surface area contributed by atoms with E-state index >= 15 is 0 Å².